The summed E-state index contributed by atoms with van der Waals surface area (Å²) in [5.41, 5.74) is 2.05. The summed E-state index contributed by atoms with van der Waals surface area (Å²) in [6.07, 6.45) is 0.489. The molecule has 0 aromatic heterocycles. The fraction of sp³-hybridized carbons (Fsp3) is 0.417. The van der Waals surface area contributed by atoms with Gasteiger partial charge in [0.05, 0.1) is 4.47 Å². The Morgan fingerprint density at radius 3 is 2.32 bits per heavy atom. The molecule has 1 atom stereocenters. The number of benzene rings is 2. The molecular formula is C24H30BrClN2O3. The van der Waals surface area contributed by atoms with Crippen molar-refractivity contribution in [1.29, 1.82) is 0 Å². The van der Waals surface area contributed by atoms with Crippen molar-refractivity contribution in [3.8, 4) is 5.75 Å². The van der Waals surface area contributed by atoms with Crippen LogP contribution in [0.5, 0.6) is 5.75 Å². The van der Waals surface area contributed by atoms with Crippen LogP contribution in [0.2, 0.25) is 5.02 Å². The fourth-order valence-electron chi connectivity index (χ4n) is 3.18. The summed E-state index contributed by atoms with van der Waals surface area (Å²) in [5.74, 6) is 0.110. The molecule has 0 saturated carbocycles. The predicted octanol–water partition coefficient (Wildman–Crippen LogP) is 5.33. The normalized spacial score (nSPS) is 12.2. The second-order valence-corrected chi connectivity index (χ2v) is 9.66. The molecule has 7 heteroatoms. The van der Waals surface area contributed by atoms with Gasteiger partial charge in [-0.15, -0.1) is 0 Å². The van der Waals surface area contributed by atoms with Gasteiger partial charge in [-0.05, 0) is 63.2 Å². The monoisotopic (exact) mass is 508 g/mol. The first-order valence-electron chi connectivity index (χ1n) is 10.2. The number of carbonyl (C=O) groups is 2. The third kappa shape index (κ3) is 6.97. The van der Waals surface area contributed by atoms with Crippen molar-refractivity contribution in [3.05, 3.63) is 63.1 Å². The van der Waals surface area contributed by atoms with Gasteiger partial charge in [-0.1, -0.05) is 57.5 Å². The number of nitrogens with one attached hydrogen (secondary N) is 1. The molecule has 2 aromatic carbocycles. The van der Waals surface area contributed by atoms with Crippen LogP contribution < -0.4 is 10.1 Å². The van der Waals surface area contributed by atoms with Crippen molar-refractivity contribution in [3.63, 3.8) is 0 Å². The second kappa shape index (κ2) is 11.0. The summed E-state index contributed by atoms with van der Waals surface area (Å²) in [7, 11) is 1.57. The third-order valence-corrected chi connectivity index (χ3v) is 5.92. The lowest BCUT2D eigenvalue weighted by Crippen LogP contribution is -2.49. The fourth-order valence-corrected chi connectivity index (χ4v) is 3.80. The number of halogens is 2. The molecule has 0 unspecified atom stereocenters. The molecule has 2 amide bonds. The van der Waals surface area contributed by atoms with Gasteiger partial charge in [-0.2, -0.15) is 0 Å². The molecule has 0 fully saturated rings. The van der Waals surface area contributed by atoms with Gasteiger partial charge in [-0.25, -0.2) is 0 Å². The average Bonchev–Trinajstić information content (AvgIpc) is 2.72. The van der Waals surface area contributed by atoms with Crippen LogP contribution in [0, 0.1) is 0 Å². The van der Waals surface area contributed by atoms with E-state index >= 15 is 0 Å². The third-order valence-electron chi connectivity index (χ3n) is 5.05. The molecule has 5 nitrogen and oxygen atoms in total. The van der Waals surface area contributed by atoms with E-state index in [1.165, 1.54) is 0 Å². The van der Waals surface area contributed by atoms with E-state index in [4.69, 9.17) is 16.3 Å². The zero-order chi connectivity index (χ0) is 23.2. The van der Waals surface area contributed by atoms with E-state index in [9.17, 15) is 9.59 Å². The van der Waals surface area contributed by atoms with E-state index in [2.05, 4.69) is 42.0 Å². The van der Waals surface area contributed by atoms with E-state index in [0.717, 1.165) is 15.6 Å². The van der Waals surface area contributed by atoms with Crippen LogP contribution in [0.25, 0.3) is 0 Å². The van der Waals surface area contributed by atoms with Crippen LogP contribution in [0.1, 0.15) is 45.2 Å². The van der Waals surface area contributed by atoms with E-state index in [1.807, 2.05) is 37.3 Å². The van der Waals surface area contributed by atoms with Crippen LogP contribution in [0.4, 0.5) is 0 Å². The van der Waals surface area contributed by atoms with Crippen molar-refractivity contribution in [2.75, 3.05) is 13.7 Å². The van der Waals surface area contributed by atoms with Gasteiger partial charge in [0, 0.05) is 18.6 Å². The van der Waals surface area contributed by atoms with E-state index in [1.54, 1.807) is 24.1 Å². The van der Waals surface area contributed by atoms with E-state index < -0.39 is 6.04 Å². The lowest BCUT2D eigenvalue weighted by molar-refractivity contribution is -0.142. The van der Waals surface area contributed by atoms with Gasteiger partial charge >= 0.3 is 0 Å². The van der Waals surface area contributed by atoms with Crippen molar-refractivity contribution >= 4 is 39.3 Å². The molecule has 0 aliphatic rings. The number of rotatable bonds is 8. The number of carbonyl (C=O) groups excluding carboxylic acids is 2. The molecule has 0 bridgehead atoms. The van der Waals surface area contributed by atoms with Crippen molar-refractivity contribution < 1.29 is 14.3 Å². The molecule has 2 rings (SSSR count). The molecular weight excluding hydrogens is 480 g/mol. The minimum Gasteiger partial charge on any atom is -0.483 e. The molecule has 0 saturated heterocycles. The number of hydrogen-bond donors (Lipinski definition) is 1. The Labute approximate surface area is 198 Å². The minimum atomic E-state index is -0.594. The molecule has 0 radical (unpaired) electrons. The van der Waals surface area contributed by atoms with Crippen LogP contribution in [-0.2, 0) is 21.5 Å². The largest absolute Gasteiger partial charge is 0.483 e. The standard InChI is InChI=1S/C24H30BrClN2O3/c1-6-20(23(30)27-5)28(14-16-7-10-18(26)11-8-16)22(29)15-31-21-12-9-17(13-19(21)25)24(2,3)4/h7-13,20H,6,14-15H2,1-5H3,(H,27,30)/t20-/m0/s1. The maximum Gasteiger partial charge on any atom is 0.261 e. The first-order valence-corrected chi connectivity index (χ1v) is 11.4. The Balaban J connectivity index is 2.20. The maximum atomic E-state index is 13.1. The summed E-state index contributed by atoms with van der Waals surface area (Å²) < 4.78 is 6.61. The number of likely N-dealkylation sites (N-methyl/N-ethyl adjacent to an activating group) is 1. The molecule has 0 aliphatic carbocycles. The van der Waals surface area contributed by atoms with Crippen LogP contribution in [0.15, 0.2) is 46.9 Å². The number of ether oxygens (including phenoxy) is 1. The van der Waals surface area contributed by atoms with Crippen LogP contribution >= 0.6 is 27.5 Å². The minimum absolute atomic E-state index is 0.00805. The van der Waals surface area contributed by atoms with Gasteiger partial charge < -0.3 is 15.0 Å². The summed E-state index contributed by atoms with van der Waals surface area (Å²) in [4.78, 5) is 27.1. The van der Waals surface area contributed by atoms with Crippen molar-refractivity contribution in [1.82, 2.24) is 10.2 Å². The Hall–Kier alpha value is -2.05. The first kappa shape index (κ1) is 25.2. The SMILES string of the molecule is CC[C@@H](C(=O)NC)N(Cc1ccc(Cl)cc1)C(=O)COc1ccc(C(C)(C)C)cc1Br. The highest BCUT2D eigenvalue weighted by Crippen LogP contribution is 2.31. The van der Waals surface area contributed by atoms with Gasteiger partial charge in [0.25, 0.3) is 5.91 Å². The number of amides is 2. The smallest absolute Gasteiger partial charge is 0.261 e. The summed E-state index contributed by atoms with van der Waals surface area (Å²) in [5, 5.41) is 3.26. The van der Waals surface area contributed by atoms with Gasteiger partial charge in [0.1, 0.15) is 11.8 Å². The second-order valence-electron chi connectivity index (χ2n) is 8.37. The molecule has 1 N–H and O–H groups in total. The summed E-state index contributed by atoms with van der Waals surface area (Å²) in [6, 6.07) is 12.5. The number of hydrogen-bond acceptors (Lipinski definition) is 3. The molecule has 0 aliphatic heterocycles. The summed E-state index contributed by atoms with van der Waals surface area (Å²) in [6.45, 7) is 8.40. The van der Waals surface area contributed by atoms with Crippen molar-refractivity contribution in [2.24, 2.45) is 0 Å². The lowest BCUT2D eigenvalue weighted by atomic mass is 9.87. The summed E-state index contributed by atoms with van der Waals surface area (Å²) >= 11 is 9.51. The predicted molar refractivity (Wildman–Crippen MR) is 128 cm³/mol. The molecule has 168 valence electrons. The van der Waals surface area contributed by atoms with E-state index in [-0.39, 0.29) is 30.4 Å². The van der Waals surface area contributed by atoms with Gasteiger partial charge in [0.2, 0.25) is 5.91 Å². The highest BCUT2D eigenvalue weighted by atomic mass is 79.9. The zero-order valence-electron chi connectivity index (χ0n) is 18.7. The Morgan fingerprint density at radius 2 is 1.81 bits per heavy atom. The first-order chi connectivity index (χ1) is 14.6. The molecule has 0 heterocycles. The van der Waals surface area contributed by atoms with Crippen molar-refractivity contribution in [2.45, 2.75) is 52.1 Å². The molecule has 31 heavy (non-hydrogen) atoms. The van der Waals surface area contributed by atoms with Gasteiger partial charge in [-0.3, -0.25) is 9.59 Å². The zero-order valence-corrected chi connectivity index (χ0v) is 21.0. The quantitative estimate of drug-likeness (QED) is 0.523. The van der Waals surface area contributed by atoms with Crippen LogP contribution in [0.3, 0.4) is 0 Å². The lowest BCUT2D eigenvalue weighted by Gasteiger charge is -2.30. The Bertz CT molecular complexity index is 910. The van der Waals surface area contributed by atoms with Crippen LogP contribution in [-0.4, -0.2) is 36.4 Å². The number of nitrogens with zero attached hydrogens (tertiary/aromatic N) is 1. The molecule has 2 aromatic rings. The topological polar surface area (TPSA) is 58.6 Å². The maximum absolute atomic E-state index is 13.1. The highest BCUT2D eigenvalue weighted by Gasteiger charge is 2.28. The van der Waals surface area contributed by atoms with E-state index in [0.29, 0.717) is 17.2 Å². The highest BCUT2D eigenvalue weighted by molar-refractivity contribution is 9.10. The molecule has 0 spiro atoms. The Morgan fingerprint density at radius 1 is 1.16 bits per heavy atom. The Kier molecular flexibility index (Phi) is 8.95. The average molecular weight is 510 g/mol. The van der Waals surface area contributed by atoms with Gasteiger partial charge in [0.15, 0.2) is 6.61 Å².